The van der Waals surface area contributed by atoms with Crippen LogP contribution >= 0.6 is 0 Å². The highest BCUT2D eigenvalue weighted by atomic mass is 15.1. The molecule has 0 spiro atoms. The second kappa shape index (κ2) is 3.37. The van der Waals surface area contributed by atoms with Crippen molar-refractivity contribution in [1.29, 1.82) is 0 Å². The third-order valence-electron chi connectivity index (χ3n) is 1.49. The van der Waals surface area contributed by atoms with Gasteiger partial charge in [-0.05, 0) is 6.42 Å². The zero-order valence-corrected chi connectivity index (χ0v) is 6.20. The lowest BCUT2D eigenvalue weighted by molar-refractivity contribution is 0.477. The fourth-order valence-corrected chi connectivity index (χ4v) is 0.910. The Bertz CT molecular complexity index is 169. The molecule has 0 aliphatic carbocycles. The summed E-state index contributed by atoms with van der Waals surface area (Å²) in [4.78, 5) is 3.91. The smallest absolute Gasteiger partial charge is 0.0959 e. The Labute approximate surface area is 60.9 Å². The van der Waals surface area contributed by atoms with Crippen LogP contribution in [0.5, 0.6) is 0 Å². The molecule has 1 aromatic rings. The van der Waals surface area contributed by atoms with Crippen LogP contribution in [0.15, 0.2) is 18.7 Å². The zero-order chi connectivity index (χ0) is 7.40. The number of hydrogen-bond acceptors (Lipinski definition) is 2. The topological polar surface area (TPSA) is 43.8 Å². The van der Waals surface area contributed by atoms with Gasteiger partial charge in [-0.1, -0.05) is 13.3 Å². The summed E-state index contributed by atoms with van der Waals surface area (Å²) in [5.41, 5.74) is 5.77. The number of rotatable bonds is 3. The lowest BCUT2D eigenvalue weighted by atomic mass is 10.3. The lowest BCUT2D eigenvalue weighted by Crippen LogP contribution is -2.16. The Balaban J connectivity index is 2.50. The number of imidazole rings is 1. The molecule has 10 heavy (non-hydrogen) atoms. The van der Waals surface area contributed by atoms with Gasteiger partial charge in [-0.3, -0.25) is 0 Å². The molecule has 0 aromatic carbocycles. The van der Waals surface area contributed by atoms with Crippen molar-refractivity contribution < 1.29 is 0 Å². The second-order valence-electron chi connectivity index (χ2n) is 2.37. The molecule has 0 fully saturated rings. The summed E-state index contributed by atoms with van der Waals surface area (Å²) >= 11 is 0. The van der Waals surface area contributed by atoms with E-state index in [1.807, 2.05) is 10.8 Å². The van der Waals surface area contributed by atoms with Crippen LogP contribution in [-0.4, -0.2) is 9.55 Å². The van der Waals surface area contributed by atoms with Crippen molar-refractivity contribution in [3.05, 3.63) is 18.7 Å². The van der Waals surface area contributed by atoms with Crippen molar-refractivity contribution in [2.75, 3.05) is 0 Å². The first kappa shape index (κ1) is 7.28. The molecule has 1 rings (SSSR count). The van der Waals surface area contributed by atoms with Crippen molar-refractivity contribution >= 4 is 0 Å². The minimum Gasteiger partial charge on any atom is -0.322 e. The summed E-state index contributed by atoms with van der Waals surface area (Å²) < 4.78 is 1.92. The molecular weight excluding hydrogens is 126 g/mol. The second-order valence-corrected chi connectivity index (χ2v) is 2.37. The summed E-state index contributed by atoms with van der Waals surface area (Å²) in [6, 6.07) is 0. The van der Waals surface area contributed by atoms with Crippen LogP contribution in [0.2, 0.25) is 0 Å². The first-order valence-electron chi connectivity index (χ1n) is 3.57. The van der Waals surface area contributed by atoms with E-state index < -0.39 is 0 Å². The Kier molecular flexibility index (Phi) is 2.45. The number of aromatic nitrogens is 2. The summed E-state index contributed by atoms with van der Waals surface area (Å²) in [5, 5.41) is 0. The quantitative estimate of drug-likeness (QED) is 0.682. The van der Waals surface area contributed by atoms with E-state index in [4.69, 9.17) is 5.73 Å². The van der Waals surface area contributed by atoms with Gasteiger partial charge in [-0.15, -0.1) is 0 Å². The molecule has 0 radical (unpaired) electrons. The molecule has 0 aliphatic rings. The molecule has 0 amide bonds. The predicted molar refractivity (Wildman–Crippen MR) is 40.4 cm³/mol. The van der Waals surface area contributed by atoms with E-state index in [0.717, 1.165) is 12.8 Å². The Morgan fingerprint density at radius 2 is 2.50 bits per heavy atom. The molecule has 0 saturated carbocycles. The van der Waals surface area contributed by atoms with Gasteiger partial charge in [-0.2, -0.15) is 0 Å². The van der Waals surface area contributed by atoms with Gasteiger partial charge < -0.3 is 10.3 Å². The normalized spacial score (nSPS) is 13.4. The summed E-state index contributed by atoms with van der Waals surface area (Å²) in [6.45, 7) is 2.12. The maximum Gasteiger partial charge on any atom is 0.0959 e. The van der Waals surface area contributed by atoms with Crippen LogP contribution < -0.4 is 5.73 Å². The van der Waals surface area contributed by atoms with Gasteiger partial charge in [0.15, 0.2) is 0 Å². The molecule has 3 nitrogen and oxygen atoms in total. The zero-order valence-electron chi connectivity index (χ0n) is 6.20. The summed E-state index contributed by atoms with van der Waals surface area (Å²) in [7, 11) is 0. The fraction of sp³-hybridized carbons (Fsp3) is 0.571. The van der Waals surface area contributed by atoms with E-state index >= 15 is 0 Å². The minimum absolute atomic E-state index is 0.104. The Hall–Kier alpha value is -0.830. The maximum absolute atomic E-state index is 5.77. The molecule has 3 heteroatoms. The molecule has 56 valence electrons. The van der Waals surface area contributed by atoms with Crippen LogP contribution in [0.1, 0.15) is 25.9 Å². The van der Waals surface area contributed by atoms with Gasteiger partial charge >= 0.3 is 0 Å². The highest BCUT2D eigenvalue weighted by Gasteiger charge is 1.99. The van der Waals surface area contributed by atoms with Gasteiger partial charge in [-0.25, -0.2) is 4.98 Å². The van der Waals surface area contributed by atoms with Gasteiger partial charge in [0.1, 0.15) is 0 Å². The largest absolute Gasteiger partial charge is 0.322 e. The molecule has 2 N–H and O–H groups in total. The van der Waals surface area contributed by atoms with E-state index in [-0.39, 0.29) is 6.17 Å². The van der Waals surface area contributed by atoms with Crippen LogP contribution in [0.3, 0.4) is 0 Å². The summed E-state index contributed by atoms with van der Waals surface area (Å²) in [6.07, 6.45) is 7.61. The number of nitrogens with zero attached hydrogens (tertiary/aromatic N) is 2. The number of nitrogens with two attached hydrogens (primary N) is 1. The van der Waals surface area contributed by atoms with Crippen molar-refractivity contribution in [2.45, 2.75) is 25.9 Å². The van der Waals surface area contributed by atoms with E-state index in [1.54, 1.807) is 12.5 Å². The maximum atomic E-state index is 5.77. The van der Waals surface area contributed by atoms with Crippen LogP contribution in [0, 0.1) is 0 Å². The monoisotopic (exact) mass is 139 g/mol. The molecule has 0 bridgehead atoms. The van der Waals surface area contributed by atoms with Gasteiger partial charge in [0.2, 0.25) is 0 Å². The standard InChI is InChI=1S/C7H13N3/c1-2-3-7(8)10-5-4-9-6-10/h4-7H,2-3,8H2,1H3. The minimum atomic E-state index is 0.104. The molecule has 1 unspecified atom stereocenters. The van der Waals surface area contributed by atoms with Crippen molar-refractivity contribution in [3.8, 4) is 0 Å². The van der Waals surface area contributed by atoms with Gasteiger partial charge in [0, 0.05) is 12.4 Å². The van der Waals surface area contributed by atoms with E-state index in [9.17, 15) is 0 Å². The average Bonchev–Trinajstić information content (AvgIpc) is 2.38. The van der Waals surface area contributed by atoms with E-state index in [1.165, 1.54) is 0 Å². The molecule has 1 atom stereocenters. The van der Waals surface area contributed by atoms with Crippen molar-refractivity contribution in [1.82, 2.24) is 9.55 Å². The molecular formula is C7H13N3. The highest BCUT2D eigenvalue weighted by Crippen LogP contribution is 2.04. The third-order valence-corrected chi connectivity index (χ3v) is 1.49. The Morgan fingerprint density at radius 1 is 1.70 bits per heavy atom. The SMILES string of the molecule is CCCC(N)n1ccnc1. The van der Waals surface area contributed by atoms with E-state index in [2.05, 4.69) is 11.9 Å². The molecule has 1 heterocycles. The Morgan fingerprint density at radius 3 is 3.00 bits per heavy atom. The third kappa shape index (κ3) is 1.57. The first-order valence-corrected chi connectivity index (χ1v) is 3.57. The van der Waals surface area contributed by atoms with Crippen LogP contribution in [0.25, 0.3) is 0 Å². The average molecular weight is 139 g/mol. The molecule has 0 saturated heterocycles. The van der Waals surface area contributed by atoms with Gasteiger partial charge in [0.25, 0.3) is 0 Å². The van der Waals surface area contributed by atoms with Crippen LogP contribution in [-0.2, 0) is 0 Å². The molecule has 1 aromatic heterocycles. The number of hydrogen-bond donors (Lipinski definition) is 1. The fourth-order valence-electron chi connectivity index (χ4n) is 0.910. The van der Waals surface area contributed by atoms with Gasteiger partial charge in [0.05, 0.1) is 12.5 Å². The van der Waals surface area contributed by atoms with Crippen LogP contribution in [0.4, 0.5) is 0 Å². The summed E-state index contributed by atoms with van der Waals surface area (Å²) in [5.74, 6) is 0. The van der Waals surface area contributed by atoms with Crippen molar-refractivity contribution in [2.24, 2.45) is 5.73 Å². The lowest BCUT2D eigenvalue weighted by Gasteiger charge is -2.10. The highest BCUT2D eigenvalue weighted by molar-refractivity contribution is 4.77. The predicted octanol–water partition coefficient (Wildman–Crippen LogP) is 1.14. The molecule has 0 aliphatic heterocycles. The van der Waals surface area contributed by atoms with E-state index in [0.29, 0.717) is 0 Å². The van der Waals surface area contributed by atoms with Crippen molar-refractivity contribution in [3.63, 3.8) is 0 Å². The first-order chi connectivity index (χ1) is 4.84.